The third kappa shape index (κ3) is 3.98. The Balaban J connectivity index is 1.87. The van der Waals surface area contributed by atoms with Gasteiger partial charge in [-0.15, -0.1) is 0 Å². The van der Waals surface area contributed by atoms with Gasteiger partial charge in [-0.05, 0) is 24.6 Å². The zero-order chi connectivity index (χ0) is 17.8. The Morgan fingerprint density at radius 2 is 1.96 bits per heavy atom. The molecule has 128 valence electrons. The number of amides is 1. The van der Waals surface area contributed by atoms with Gasteiger partial charge in [0.1, 0.15) is 24.0 Å². The highest BCUT2D eigenvalue weighted by molar-refractivity contribution is 5.93. The molecule has 0 saturated heterocycles. The van der Waals surface area contributed by atoms with Crippen LogP contribution in [0, 0.1) is 0 Å². The van der Waals surface area contributed by atoms with E-state index in [-0.39, 0.29) is 0 Å². The van der Waals surface area contributed by atoms with Crippen LogP contribution >= 0.6 is 0 Å². The van der Waals surface area contributed by atoms with Crippen molar-refractivity contribution in [2.75, 3.05) is 5.32 Å². The van der Waals surface area contributed by atoms with Gasteiger partial charge in [-0.3, -0.25) is 4.79 Å². The molecule has 25 heavy (non-hydrogen) atoms. The molecule has 2 aromatic carbocycles. The van der Waals surface area contributed by atoms with Crippen LogP contribution in [0.15, 0.2) is 63.8 Å². The molecule has 0 aliphatic carbocycles. The number of nitrogens with two attached hydrogens (primary N) is 1. The van der Waals surface area contributed by atoms with E-state index in [1.165, 1.54) is 6.07 Å². The Morgan fingerprint density at radius 1 is 1.20 bits per heavy atom. The van der Waals surface area contributed by atoms with Gasteiger partial charge in [0, 0.05) is 17.5 Å². The van der Waals surface area contributed by atoms with Crippen LogP contribution < -0.4 is 21.4 Å². The molecular weight excluding hydrogens is 320 g/mol. The minimum atomic E-state index is -0.612. The molecule has 3 aromatic rings. The van der Waals surface area contributed by atoms with Gasteiger partial charge in [0.15, 0.2) is 0 Å². The molecule has 3 N–H and O–H groups in total. The average Bonchev–Trinajstić information content (AvgIpc) is 2.60. The Hall–Kier alpha value is -3.28. The Labute approximate surface area is 144 Å². The lowest BCUT2D eigenvalue weighted by Crippen LogP contribution is -2.32. The quantitative estimate of drug-likeness (QED) is 0.674. The summed E-state index contributed by atoms with van der Waals surface area (Å²) in [4.78, 5) is 23.0. The molecule has 0 bridgehead atoms. The van der Waals surface area contributed by atoms with Gasteiger partial charge in [0.05, 0.1) is 5.69 Å². The van der Waals surface area contributed by atoms with Crippen LogP contribution in [0.5, 0.6) is 5.75 Å². The highest BCUT2D eigenvalue weighted by atomic mass is 16.5. The maximum atomic E-state index is 11.8. The number of carbonyl (C=O) groups excluding carboxylic acids is 1. The fourth-order valence-electron chi connectivity index (χ4n) is 2.40. The van der Waals surface area contributed by atoms with E-state index in [1.807, 2.05) is 30.3 Å². The number of primary amides is 1. The summed E-state index contributed by atoms with van der Waals surface area (Å²) < 4.78 is 11.0. The van der Waals surface area contributed by atoms with Crippen molar-refractivity contribution in [2.45, 2.75) is 19.6 Å². The Morgan fingerprint density at radius 3 is 2.68 bits per heavy atom. The highest BCUT2D eigenvalue weighted by Gasteiger charge is 2.12. The van der Waals surface area contributed by atoms with Crippen LogP contribution in [0.2, 0.25) is 0 Å². The molecule has 0 aliphatic heterocycles. The molecule has 1 amide bonds. The molecule has 0 fully saturated rings. The fourth-order valence-corrected chi connectivity index (χ4v) is 2.40. The lowest BCUT2D eigenvalue weighted by atomic mass is 10.1. The number of benzene rings is 2. The predicted molar refractivity (Wildman–Crippen MR) is 95.5 cm³/mol. The summed E-state index contributed by atoms with van der Waals surface area (Å²) in [7, 11) is 0. The highest BCUT2D eigenvalue weighted by Crippen LogP contribution is 2.26. The third-order valence-corrected chi connectivity index (χ3v) is 3.76. The maximum Gasteiger partial charge on any atom is 0.338 e. The number of nitrogens with one attached hydrogen (secondary N) is 1. The number of hydrogen-bond donors (Lipinski definition) is 2. The van der Waals surface area contributed by atoms with E-state index >= 15 is 0 Å². The summed E-state index contributed by atoms with van der Waals surface area (Å²) in [6.45, 7) is 2.04. The second kappa shape index (κ2) is 7.09. The maximum absolute atomic E-state index is 11.8. The van der Waals surface area contributed by atoms with Gasteiger partial charge >= 0.3 is 5.63 Å². The van der Waals surface area contributed by atoms with E-state index in [9.17, 15) is 9.59 Å². The molecule has 3 rings (SSSR count). The minimum Gasteiger partial charge on any atom is -0.489 e. The number of hydrogen-bond acceptors (Lipinski definition) is 5. The van der Waals surface area contributed by atoms with Crippen molar-refractivity contribution >= 4 is 22.6 Å². The van der Waals surface area contributed by atoms with Gasteiger partial charge in [-0.1, -0.05) is 30.3 Å². The summed E-state index contributed by atoms with van der Waals surface area (Å²) in [6, 6.07) is 15.6. The average molecular weight is 338 g/mol. The molecule has 0 radical (unpaired) electrons. The summed E-state index contributed by atoms with van der Waals surface area (Å²) in [5.41, 5.74) is 6.64. The topological polar surface area (TPSA) is 94.6 Å². The van der Waals surface area contributed by atoms with E-state index in [0.717, 1.165) is 5.56 Å². The standard InChI is InChI=1S/C19H18N2O4/c1-12(19(20)23)21-16-10-18(22)25-17-9-14(7-8-15(16)17)24-11-13-5-3-2-4-6-13/h2-10,12,21H,11H2,1H3,(H2,20,23)/t12-/m0/s1. The molecule has 6 nitrogen and oxygen atoms in total. The van der Waals surface area contributed by atoms with Gasteiger partial charge in [-0.2, -0.15) is 0 Å². The number of fused-ring (bicyclic) bond motifs is 1. The first-order valence-corrected chi connectivity index (χ1v) is 7.83. The fraction of sp³-hybridized carbons (Fsp3) is 0.158. The molecule has 0 unspecified atom stereocenters. The normalized spacial score (nSPS) is 11.9. The SMILES string of the molecule is C[C@H](Nc1cc(=O)oc2cc(OCc3ccccc3)ccc12)C(N)=O. The smallest absolute Gasteiger partial charge is 0.338 e. The molecule has 1 atom stereocenters. The number of ether oxygens (including phenoxy) is 1. The Kier molecular flexibility index (Phi) is 4.70. The van der Waals surface area contributed by atoms with Crippen molar-refractivity contribution in [1.29, 1.82) is 0 Å². The first kappa shape index (κ1) is 16.6. The first-order chi connectivity index (χ1) is 12.0. The molecule has 0 saturated carbocycles. The van der Waals surface area contributed by atoms with Crippen molar-refractivity contribution in [3.05, 3.63) is 70.6 Å². The van der Waals surface area contributed by atoms with Crippen LogP contribution in [0.4, 0.5) is 5.69 Å². The zero-order valence-corrected chi connectivity index (χ0v) is 13.7. The van der Waals surface area contributed by atoms with Crippen molar-refractivity contribution in [3.8, 4) is 5.75 Å². The third-order valence-electron chi connectivity index (χ3n) is 3.76. The van der Waals surface area contributed by atoms with Crippen LogP contribution in [-0.2, 0) is 11.4 Å². The summed E-state index contributed by atoms with van der Waals surface area (Å²) in [6.07, 6.45) is 0. The molecule has 1 aromatic heterocycles. The Bertz CT molecular complexity index is 951. The van der Waals surface area contributed by atoms with Crippen molar-refractivity contribution in [1.82, 2.24) is 0 Å². The molecular formula is C19H18N2O4. The van der Waals surface area contributed by atoms with E-state index in [4.69, 9.17) is 14.9 Å². The van der Waals surface area contributed by atoms with Crippen molar-refractivity contribution in [2.24, 2.45) is 5.73 Å². The van der Waals surface area contributed by atoms with E-state index < -0.39 is 17.6 Å². The van der Waals surface area contributed by atoms with Gasteiger partial charge in [0.2, 0.25) is 5.91 Å². The van der Waals surface area contributed by atoms with E-state index in [1.54, 1.807) is 25.1 Å². The summed E-state index contributed by atoms with van der Waals surface area (Å²) in [5, 5.41) is 3.59. The van der Waals surface area contributed by atoms with E-state index in [2.05, 4.69) is 5.32 Å². The monoisotopic (exact) mass is 338 g/mol. The van der Waals surface area contributed by atoms with Crippen molar-refractivity contribution < 1.29 is 13.9 Å². The number of anilines is 1. The van der Waals surface area contributed by atoms with E-state index in [0.29, 0.717) is 29.0 Å². The number of carbonyl (C=O) groups is 1. The number of rotatable bonds is 6. The second-order valence-corrected chi connectivity index (χ2v) is 5.68. The van der Waals surface area contributed by atoms with Crippen LogP contribution in [0.25, 0.3) is 11.0 Å². The van der Waals surface area contributed by atoms with Gasteiger partial charge in [-0.25, -0.2) is 4.79 Å². The van der Waals surface area contributed by atoms with Crippen molar-refractivity contribution in [3.63, 3.8) is 0 Å². The lowest BCUT2D eigenvalue weighted by Gasteiger charge is -2.13. The lowest BCUT2D eigenvalue weighted by molar-refractivity contribution is -0.118. The zero-order valence-electron chi connectivity index (χ0n) is 13.7. The molecule has 0 spiro atoms. The second-order valence-electron chi connectivity index (χ2n) is 5.68. The first-order valence-electron chi connectivity index (χ1n) is 7.83. The summed E-state index contributed by atoms with van der Waals surface area (Å²) in [5.74, 6) is 0.0730. The van der Waals surface area contributed by atoms with Crippen LogP contribution in [0.1, 0.15) is 12.5 Å². The van der Waals surface area contributed by atoms with Gasteiger partial charge < -0.3 is 20.2 Å². The summed E-state index contributed by atoms with van der Waals surface area (Å²) >= 11 is 0. The molecule has 6 heteroatoms. The molecule has 1 heterocycles. The van der Waals surface area contributed by atoms with Crippen LogP contribution in [-0.4, -0.2) is 11.9 Å². The minimum absolute atomic E-state index is 0.372. The largest absolute Gasteiger partial charge is 0.489 e. The van der Waals surface area contributed by atoms with Gasteiger partial charge in [0.25, 0.3) is 0 Å². The van der Waals surface area contributed by atoms with Crippen LogP contribution in [0.3, 0.4) is 0 Å². The molecule has 0 aliphatic rings. The predicted octanol–water partition coefficient (Wildman–Crippen LogP) is 2.66.